The SMILES string of the molecule is CCC(C)(CC(C)(C)C(=O)OCCc1ccccc1)C(=O)OC. The van der Waals surface area contributed by atoms with E-state index in [0.717, 1.165) is 5.56 Å². The van der Waals surface area contributed by atoms with Crippen molar-refractivity contribution < 1.29 is 19.1 Å². The van der Waals surface area contributed by atoms with E-state index in [1.807, 2.05) is 58.0 Å². The van der Waals surface area contributed by atoms with Crippen LogP contribution in [0.15, 0.2) is 30.3 Å². The van der Waals surface area contributed by atoms with Crippen LogP contribution in [0.1, 0.15) is 46.1 Å². The van der Waals surface area contributed by atoms with Crippen LogP contribution < -0.4 is 0 Å². The first-order valence-electron chi connectivity index (χ1n) is 8.05. The summed E-state index contributed by atoms with van der Waals surface area (Å²) in [6.45, 7) is 7.72. The first-order valence-corrected chi connectivity index (χ1v) is 8.05. The minimum absolute atomic E-state index is 0.281. The molecule has 0 saturated heterocycles. The molecular weight excluding hydrogens is 292 g/mol. The van der Waals surface area contributed by atoms with Gasteiger partial charge in [0.2, 0.25) is 0 Å². The van der Waals surface area contributed by atoms with Crippen molar-refractivity contribution >= 4 is 11.9 Å². The smallest absolute Gasteiger partial charge is 0.311 e. The zero-order chi connectivity index (χ0) is 17.5. The van der Waals surface area contributed by atoms with Crippen molar-refractivity contribution in [2.45, 2.75) is 47.0 Å². The van der Waals surface area contributed by atoms with Crippen molar-refractivity contribution in [1.82, 2.24) is 0 Å². The highest BCUT2D eigenvalue weighted by Gasteiger charge is 2.42. The predicted octanol–water partition coefficient (Wildman–Crippen LogP) is 3.78. The van der Waals surface area contributed by atoms with Crippen LogP contribution in [0, 0.1) is 10.8 Å². The number of carbonyl (C=O) groups is 2. The number of ether oxygens (including phenoxy) is 2. The van der Waals surface area contributed by atoms with Gasteiger partial charge < -0.3 is 9.47 Å². The van der Waals surface area contributed by atoms with E-state index in [-0.39, 0.29) is 11.9 Å². The summed E-state index contributed by atoms with van der Waals surface area (Å²) >= 11 is 0. The molecule has 0 amide bonds. The molecule has 0 aliphatic rings. The summed E-state index contributed by atoms with van der Waals surface area (Å²) in [5, 5.41) is 0. The van der Waals surface area contributed by atoms with Gasteiger partial charge in [0.05, 0.1) is 24.5 Å². The topological polar surface area (TPSA) is 52.6 Å². The molecule has 0 aliphatic carbocycles. The maximum Gasteiger partial charge on any atom is 0.311 e. The Morgan fingerprint density at radius 1 is 1.04 bits per heavy atom. The predicted molar refractivity (Wildman–Crippen MR) is 89.9 cm³/mol. The lowest BCUT2D eigenvalue weighted by Crippen LogP contribution is -2.38. The normalized spacial score (nSPS) is 14.0. The second-order valence-electron chi connectivity index (χ2n) is 6.84. The Morgan fingerprint density at radius 3 is 2.17 bits per heavy atom. The quantitative estimate of drug-likeness (QED) is 0.684. The third-order valence-electron chi connectivity index (χ3n) is 4.31. The first-order chi connectivity index (χ1) is 10.7. The van der Waals surface area contributed by atoms with E-state index in [1.165, 1.54) is 7.11 Å². The zero-order valence-corrected chi connectivity index (χ0v) is 14.8. The van der Waals surface area contributed by atoms with Crippen molar-refractivity contribution in [3.63, 3.8) is 0 Å². The van der Waals surface area contributed by atoms with E-state index in [1.54, 1.807) is 0 Å². The van der Waals surface area contributed by atoms with Gasteiger partial charge in [-0.25, -0.2) is 0 Å². The molecule has 0 aromatic heterocycles. The number of rotatable bonds is 8. The van der Waals surface area contributed by atoms with Crippen LogP contribution in [-0.2, 0) is 25.5 Å². The summed E-state index contributed by atoms with van der Waals surface area (Å²) < 4.78 is 10.3. The van der Waals surface area contributed by atoms with Gasteiger partial charge in [0, 0.05) is 6.42 Å². The number of methoxy groups -OCH3 is 1. The molecule has 23 heavy (non-hydrogen) atoms. The van der Waals surface area contributed by atoms with Gasteiger partial charge in [-0.05, 0) is 39.2 Å². The average molecular weight is 320 g/mol. The van der Waals surface area contributed by atoms with Crippen molar-refractivity contribution in [3.8, 4) is 0 Å². The van der Waals surface area contributed by atoms with E-state index in [2.05, 4.69) is 0 Å². The third kappa shape index (κ3) is 5.38. The number of hydrogen-bond acceptors (Lipinski definition) is 4. The molecule has 0 N–H and O–H groups in total. The van der Waals surface area contributed by atoms with E-state index in [4.69, 9.17) is 9.47 Å². The van der Waals surface area contributed by atoms with Crippen molar-refractivity contribution in [3.05, 3.63) is 35.9 Å². The summed E-state index contributed by atoms with van der Waals surface area (Å²) in [5.41, 5.74) is -0.294. The molecule has 4 heteroatoms. The third-order valence-corrected chi connectivity index (χ3v) is 4.31. The van der Waals surface area contributed by atoms with Gasteiger partial charge in [-0.15, -0.1) is 0 Å². The standard InChI is InChI=1S/C19H28O4/c1-6-19(4,17(21)22-5)14-18(2,3)16(20)23-13-12-15-10-8-7-9-11-15/h7-11H,6,12-14H2,1-5H3. The Labute approximate surface area is 139 Å². The summed E-state index contributed by atoms with van der Waals surface area (Å²) in [7, 11) is 1.38. The minimum atomic E-state index is -0.740. The Hall–Kier alpha value is -1.84. The van der Waals surface area contributed by atoms with Gasteiger partial charge in [-0.2, -0.15) is 0 Å². The summed E-state index contributed by atoms with van der Waals surface area (Å²) in [6, 6.07) is 9.89. The Bertz CT molecular complexity index is 521. The van der Waals surface area contributed by atoms with E-state index in [0.29, 0.717) is 25.9 Å². The van der Waals surface area contributed by atoms with Gasteiger partial charge in [0.15, 0.2) is 0 Å². The summed E-state index contributed by atoms with van der Waals surface area (Å²) in [5.74, 6) is -0.567. The van der Waals surface area contributed by atoms with Crippen LogP contribution in [0.3, 0.4) is 0 Å². The van der Waals surface area contributed by atoms with Crippen LogP contribution in [0.4, 0.5) is 0 Å². The number of carbonyl (C=O) groups excluding carboxylic acids is 2. The molecule has 0 saturated carbocycles. The lowest BCUT2D eigenvalue weighted by Gasteiger charge is -2.33. The maximum atomic E-state index is 12.4. The van der Waals surface area contributed by atoms with E-state index in [9.17, 15) is 9.59 Å². The summed E-state index contributed by atoms with van der Waals surface area (Å²) in [4.78, 5) is 24.4. The second-order valence-corrected chi connectivity index (χ2v) is 6.84. The molecule has 0 aliphatic heterocycles. The Balaban J connectivity index is 2.60. The minimum Gasteiger partial charge on any atom is -0.469 e. The molecule has 1 aromatic carbocycles. The molecule has 4 nitrogen and oxygen atoms in total. The van der Waals surface area contributed by atoms with Crippen molar-refractivity contribution in [2.24, 2.45) is 10.8 Å². The molecule has 0 heterocycles. The highest BCUT2D eigenvalue weighted by molar-refractivity contribution is 5.80. The zero-order valence-electron chi connectivity index (χ0n) is 14.8. The van der Waals surface area contributed by atoms with E-state index < -0.39 is 10.8 Å². The molecule has 1 rings (SSSR count). The molecular formula is C19H28O4. The van der Waals surface area contributed by atoms with Gasteiger partial charge in [-0.1, -0.05) is 37.3 Å². The largest absolute Gasteiger partial charge is 0.469 e. The lowest BCUT2D eigenvalue weighted by atomic mass is 9.72. The molecule has 1 atom stereocenters. The second kappa shape index (κ2) is 8.14. The molecule has 0 radical (unpaired) electrons. The monoisotopic (exact) mass is 320 g/mol. The fourth-order valence-electron chi connectivity index (χ4n) is 2.74. The molecule has 128 valence electrons. The highest BCUT2D eigenvalue weighted by atomic mass is 16.5. The first kappa shape index (κ1) is 19.2. The van der Waals surface area contributed by atoms with Crippen molar-refractivity contribution in [2.75, 3.05) is 13.7 Å². The lowest BCUT2D eigenvalue weighted by molar-refractivity contribution is -0.161. The van der Waals surface area contributed by atoms with Gasteiger partial charge in [-0.3, -0.25) is 9.59 Å². The van der Waals surface area contributed by atoms with Crippen LogP contribution >= 0.6 is 0 Å². The van der Waals surface area contributed by atoms with Gasteiger partial charge >= 0.3 is 11.9 Å². The van der Waals surface area contributed by atoms with Crippen LogP contribution in [-0.4, -0.2) is 25.7 Å². The van der Waals surface area contributed by atoms with Gasteiger partial charge in [0.25, 0.3) is 0 Å². The Kier molecular flexibility index (Phi) is 6.79. The maximum absolute atomic E-state index is 12.4. The molecule has 0 fully saturated rings. The highest BCUT2D eigenvalue weighted by Crippen LogP contribution is 2.38. The molecule has 1 aromatic rings. The Morgan fingerprint density at radius 2 is 1.65 bits per heavy atom. The van der Waals surface area contributed by atoms with E-state index >= 15 is 0 Å². The molecule has 0 spiro atoms. The number of esters is 2. The van der Waals surface area contributed by atoms with Crippen LogP contribution in [0.2, 0.25) is 0 Å². The fraction of sp³-hybridized carbons (Fsp3) is 0.579. The van der Waals surface area contributed by atoms with Crippen LogP contribution in [0.25, 0.3) is 0 Å². The summed E-state index contributed by atoms with van der Waals surface area (Å²) in [6.07, 6.45) is 1.69. The molecule has 1 unspecified atom stereocenters. The fourth-order valence-corrected chi connectivity index (χ4v) is 2.74. The number of hydrogen-bond donors (Lipinski definition) is 0. The van der Waals surface area contributed by atoms with Gasteiger partial charge in [0.1, 0.15) is 0 Å². The van der Waals surface area contributed by atoms with Crippen LogP contribution in [0.5, 0.6) is 0 Å². The van der Waals surface area contributed by atoms with Crippen molar-refractivity contribution in [1.29, 1.82) is 0 Å². The average Bonchev–Trinajstić information content (AvgIpc) is 2.54. The number of benzene rings is 1. The molecule has 0 bridgehead atoms.